The Hall–Kier alpha value is -1.44. The predicted molar refractivity (Wildman–Crippen MR) is 81.6 cm³/mol. The molecule has 0 radical (unpaired) electrons. The summed E-state index contributed by atoms with van der Waals surface area (Å²) in [6.07, 6.45) is -0.0420. The topological polar surface area (TPSA) is 81.6 Å². The molecule has 0 aliphatic carbocycles. The van der Waals surface area contributed by atoms with Crippen molar-refractivity contribution in [2.45, 2.75) is 18.3 Å². The van der Waals surface area contributed by atoms with Gasteiger partial charge in [0.15, 0.2) is 5.58 Å². The summed E-state index contributed by atoms with van der Waals surface area (Å²) in [7, 11) is -1.31. The van der Waals surface area contributed by atoms with Gasteiger partial charge in [-0.15, -0.1) is 0 Å². The molecule has 0 saturated carbocycles. The SMILES string of the molecule is CCN1CCOC(CS(=O)c2nc3cc(N)ccc3o2)C1. The highest BCUT2D eigenvalue weighted by molar-refractivity contribution is 7.84. The molecule has 2 heterocycles. The normalized spacial score (nSPS) is 21.7. The number of hydrogen-bond acceptors (Lipinski definition) is 6. The second kappa shape index (κ2) is 6.13. The van der Waals surface area contributed by atoms with Crippen LogP contribution in [0.2, 0.25) is 0 Å². The van der Waals surface area contributed by atoms with Crippen LogP contribution in [0.3, 0.4) is 0 Å². The van der Waals surface area contributed by atoms with Crippen LogP contribution >= 0.6 is 0 Å². The van der Waals surface area contributed by atoms with Crippen molar-refractivity contribution in [1.29, 1.82) is 0 Å². The Bertz CT molecular complexity index is 658. The number of anilines is 1. The highest BCUT2D eigenvalue weighted by Crippen LogP contribution is 2.21. The lowest BCUT2D eigenvalue weighted by atomic mass is 10.3. The van der Waals surface area contributed by atoms with E-state index >= 15 is 0 Å². The summed E-state index contributed by atoms with van der Waals surface area (Å²) >= 11 is 0. The van der Waals surface area contributed by atoms with Gasteiger partial charge in [0.2, 0.25) is 0 Å². The minimum absolute atomic E-state index is 0.0420. The van der Waals surface area contributed by atoms with E-state index in [4.69, 9.17) is 14.9 Å². The van der Waals surface area contributed by atoms with Crippen molar-refractivity contribution < 1.29 is 13.4 Å². The van der Waals surface area contributed by atoms with Gasteiger partial charge in [0.25, 0.3) is 5.22 Å². The number of oxazole rings is 1. The van der Waals surface area contributed by atoms with Crippen LogP contribution in [0, 0.1) is 0 Å². The van der Waals surface area contributed by atoms with Gasteiger partial charge in [-0.05, 0) is 24.7 Å². The van der Waals surface area contributed by atoms with Crippen molar-refractivity contribution in [3.05, 3.63) is 18.2 Å². The lowest BCUT2D eigenvalue weighted by Crippen LogP contribution is -2.44. The first-order valence-corrected chi connectivity index (χ1v) is 8.36. The van der Waals surface area contributed by atoms with Crippen molar-refractivity contribution in [2.75, 3.05) is 37.7 Å². The third kappa shape index (κ3) is 3.25. The molecule has 2 atom stereocenters. The number of nitrogens with zero attached hydrogens (tertiary/aromatic N) is 2. The predicted octanol–water partition coefficient (Wildman–Crippen LogP) is 1.24. The van der Waals surface area contributed by atoms with E-state index in [0.717, 1.165) is 19.6 Å². The molecule has 21 heavy (non-hydrogen) atoms. The minimum Gasteiger partial charge on any atom is -0.430 e. The summed E-state index contributed by atoms with van der Waals surface area (Å²) in [6.45, 7) is 5.51. The summed E-state index contributed by atoms with van der Waals surface area (Å²) < 4.78 is 23.6. The number of hydrogen-bond donors (Lipinski definition) is 1. The van der Waals surface area contributed by atoms with Crippen molar-refractivity contribution in [3.63, 3.8) is 0 Å². The van der Waals surface area contributed by atoms with Crippen molar-refractivity contribution in [1.82, 2.24) is 9.88 Å². The van der Waals surface area contributed by atoms with E-state index in [2.05, 4.69) is 16.8 Å². The van der Waals surface area contributed by atoms with Crippen LogP contribution in [0.1, 0.15) is 6.92 Å². The van der Waals surface area contributed by atoms with E-state index in [1.54, 1.807) is 18.2 Å². The molecular formula is C14H19N3O3S. The van der Waals surface area contributed by atoms with Gasteiger partial charge in [0.1, 0.15) is 16.3 Å². The minimum atomic E-state index is -1.31. The number of morpholine rings is 1. The van der Waals surface area contributed by atoms with Crippen LogP contribution in [-0.2, 0) is 15.5 Å². The maximum absolute atomic E-state index is 12.4. The van der Waals surface area contributed by atoms with Crippen molar-refractivity contribution in [3.8, 4) is 0 Å². The Morgan fingerprint density at radius 1 is 1.52 bits per heavy atom. The Balaban J connectivity index is 1.71. The monoisotopic (exact) mass is 309 g/mol. The van der Waals surface area contributed by atoms with Gasteiger partial charge < -0.3 is 14.9 Å². The fourth-order valence-electron chi connectivity index (χ4n) is 2.43. The molecule has 1 saturated heterocycles. The second-order valence-corrected chi connectivity index (χ2v) is 6.48. The zero-order valence-corrected chi connectivity index (χ0v) is 12.8. The van der Waals surface area contributed by atoms with Crippen LogP contribution < -0.4 is 5.73 Å². The average Bonchev–Trinajstić information content (AvgIpc) is 2.90. The number of nitrogens with two attached hydrogens (primary N) is 1. The standard InChI is InChI=1S/C14H19N3O3S/c1-2-17-5-6-19-11(8-17)9-21(18)14-16-12-7-10(15)3-4-13(12)20-14/h3-4,7,11H,2,5-6,8-9,15H2,1H3. The summed E-state index contributed by atoms with van der Waals surface area (Å²) in [5.41, 5.74) is 7.56. The molecule has 1 aliphatic rings. The third-order valence-electron chi connectivity index (χ3n) is 3.59. The van der Waals surface area contributed by atoms with Crippen molar-refractivity contribution in [2.24, 2.45) is 0 Å². The Morgan fingerprint density at radius 3 is 3.19 bits per heavy atom. The number of rotatable bonds is 4. The van der Waals surface area contributed by atoms with Gasteiger partial charge in [-0.1, -0.05) is 6.92 Å². The average molecular weight is 309 g/mol. The first kappa shape index (κ1) is 14.5. The van der Waals surface area contributed by atoms with Crippen LogP contribution in [0.25, 0.3) is 11.1 Å². The quantitative estimate of drug-likeness (QED) is 0.856. The maximum Gasteiger partial charge on any atom is 0.288 e. The van der Waals surface area contributed by atoms with E-state index in [9.17, 15) is 4.21 Å². The molecule has 0 spiro atoms. The molecule has 7 heteroatoms. The number of ether oxygens (including phenoxy) is 1. The first-order chi connectivity index (χ1) is 10.2. The molecule has 6 nitrogen and oxygen atoms in total. The van der Waals surface area contributed by atoms with E-state index in [0.29, 0.717) is 29.1 Å². The lowest BCUT2D eigenvalue weighted by Gasteiger charge is -2.31. The fourth-order valence-corrected chi connectivity index (χ4v) is 3.49. The van der Waals surface area contributed by atoms with E-state index < -0.39 is 10.8 Å². The Morgan fingerprint density at radius 2 is 2.38 bits per heavy atom. The number of nitrogen functional groups attached to an aromatic ring is 1. The molecular weight excluding hydrogens is 290 g/mol. The molecule has 114 valence electrons. The summed E-state index contributed by atoms with van der Waals surface area (Å²) in [4.78, 5) is 6.55. The zero-order valence-electron chi connectivity index (χ0n) is 11.9. The van der Waals surface area contributed by atoms with Gasteiger partial charge >= 0.3 is 0 Å². The number of aromatic nitrogens is 1. The molecule has 1 fully saturated rings. The van der Waals surface area contributed by atoms with Gasteiger partial charge in [-0.2, -0.15) is 0 Å². The summed E-state index contributed by atoms with van der Waals surface area (Å²) in [5, 5.41) is 0.243. The van der Waals surface area contributed by atoms with Gasteiger partial charge in [0, 0.05) is 18.8 Å². The number of likely N-dealkylation sites (N-methyl/N-ethyl adjacent to an activating group) is 1. The van der Waals surface area contributed by atoms with Crippen LogP contribution in [0.4, 0.5) is 5.69 Å². The molecule has 1 aliphatic heterocycles. The fraction of sp³-hybridized carbons (Fsp3) is 0.500. The first-order valence-electron chi connectivity index (χ1n) is 7.04. The molecule has 2 N–H and O–H groups in total. The lowest BCUT2D eigenvalue weighted by molar-refractivity contribution is -0.0142. The molecule has 2 aromatic rings. The Labute approximate surface area is 125 Å². The molecule has 0 amide bonds. The Kier molecular flexibility index (Phi) is 4.23. The van der Waals surface area contributed by atoms with E-state index in [1.165, 1.54) is 0 Å². The second-order valence-electron chi connectivity index (χ2n) is 5.11. The highest BCUT2D eigenvalue weighted by atomic mass is 32.2. The molecule has 0 bridgehead atoms. The third-order valence-corrected chi connectivity index (χ3v) is 4.83. The molecule has 1 aromatic carbocycles. The number of fused-ring (bicyclic) bond motifs is 1. The summed E-state index contributed by atoms with van der Waals surface area (Å²) in [6, 6.07) is 5.20. The van der Waals surface area contributed by atoms with Crippen LogP contribution in [0.15, 0.2) is 27.8 Å². The zero-order chi connectivity index (χ0) is 14.8. The van der Waals surface area contributed by atoms with E-state index in [1.807, 2.05) is 0 Å². The van der Waals surface area contributed by atoms with Gasteiger partial charge in [0.05, 0.1) is 18.5 Å². The van der Waals surface area contributed by atoms with Crippen LogP contribution in [-0.4, -0.2) is 52.2 Å². The smallest absolute Gasteiger partial charge is 0.288 e. The number of benzene rings is 1. The van der Waals surface area contributed by atoms with Crippen LogP contribution in [0.5, 0.6) is 0 Å². The van der Waals surface area contributed by atoms with Gasteiger partial charge in [-0.3, -0.25) is 4.90 Å². The summed E-state index contributed by atoms with van der Waals surface area (Å²) in [5.74, 6) is 0.402. The van der Waals surface area contributed by atoms with Crippen molar-refractivity contribution >= 4 is 27.6 Å². The largest absolute Gasteiger partial charge is 0.430 e. The van der Waals surface area contributed by atoms with E-state index in [-0.39, 0.29) is 11.3 Å². The van der Waals surface area contributed by atoms with Gasteiger partial charge in [-0.25, -0.2) is 9.19 Å². The molecule has 2 unspecified atom stereocenters. The molecule has 3 rings (SSSR count). The maximum atomic E-state index is 12.4. The highest BCUT2D eigenvalue weighted by Gasteiger charge is 2.24. The molecule has 1 aromatic heterocycles.